The van der Waals surface area contributed by atoms with Gasteiger partial charge in [-0.05, 0) is 38.0 Å². The molecule has 150 valence electrons. The zero-order valence-corrected chi connectivity index (χ0v) is 17.7. The number of hydrogen-bond donors (Lipinski definition) is 0. The second kappa shape index (κ2) is 8.62. The lowest BCUT2D eigenvalue weighted by molar-refractivity contribution is 0.334. The van der Waals surface area contributed by atoms with Crippen LogP contribution in [-0.2, 0) is 19.8 Å². The van der Waals surface area contributed by atoms with Crippen LogP contribution < -0.4 is 0 Å². The maximum Gasteiger partial charge on any atom is 0.358 e. The summed E-state index contributed by atoms with van der Waals surface area (Å²) >= 11 is 0. The molecule has 0 fully saturated rings. The van der Waals surface area contributed by atoms with Gasteiger partial charge in [-0.15, -0.1) is 0 Å². The highest BCUT2D eigenvalue weighted by atomic mass is 32.2. The van der Waals surface area contributed by atoms with Crippen LogP contribution in [0.4, 0.5) is 0 Å². The summed E-state index contributed by atoms with van der Waals surface area (Å²) < 4.78 is 30.6. The third-order valence-corrected chi connectivity index (χ3v) is 6.34. The van der Waals surface area contributed by atoms with Gasteiger partial charge < -0.3 is 0 Å². The molecule has 5 heteroatoms. The highest BCUT2D eigenvalue weighted by molar-refractivity contribution is 7.86. The third kappa shape index (κ3) is 4.57. The summed E-state index contributed by atoms with van der Waals surface area (Å²) in [5.41, 5.74) is 2.88. The van der Waals surface area contributed by atoms with Crippen LogP contribution in [0.5, 0.6) is 0 Å². The molecule has 0 aliphatic carbocycles. The Balaban J connectivity index is 2.08. The van der Waals surface area contributed by atoms with Crippen LogP contribution in [0, 0.1) is 6.92 Å². The number of nitrogens with zero attached hydrogens (tertiary/aromatic N) is 1. The van der Waals surface area contributed by atoms with Crippen LogP contribution in [0.15, 0.2) is 95.0 Å². The lowest BCUT2D eigenvalue weighted by atomic mass is 9.73. The van der Waals surface area contributed by atoms with E-state index in [-0.39, 0.29) is 4.90 Å². The number of hydrogen-bond acceptors (Lipinski definition) is 4. The Labute approximate surface area is 173 Å². The molecule has 3 aromatic rings. The third-order valence-electron chi connectivity index (χ3n) is 5.22. The monoisotopic (exact) mass is 407 g/mol. The van der Waals surface area contributed by atoms with E-state index in [2.05, 4.69) is 19.0 Å². The van der Waals surface area contributed by atoms with Gasteiger partial charge in [-0.1, -0.05) is 90.4 Å². The van der Waals surface area contributed by atoms with E-state index >= 15 is 0 Å². The normalized spacial score (nSPS) is 14.2. The van der Waals surface area contributed by atoms with Crippen LogP contribution in [0.3, 0.4) is 0 Å². The molecule has 0 saturated heterocycles. The Kier molecular flexibility index (Phi) is 6.18. The lowest BCUT2D eigenvalue weighted by Gasteiger charge is -2.30. The van der Waals surface area contributed by atoms with E-state index in [4.69, 9.17) is 4.28 Å². The molecule has 0 aliphatic heterocycles. The van der Waals surface area contributed by atoms with E-state index < -0.39 is 15.5 Å². The molecule has 4 nitrogen and oxygen atoms in total. The molecule has 29 heavy (non-hydrogen) atoms. The van der Waals surface area contributed by atoms with Gasteiger partial charge in [0, 0.05) is 11.0 Å². The molecule has 0 spiro atoms. The van der Waals surface area contributed by atoms with E-state index in [0.29, 0.717) is 5.71 Å². The van der Waals surface area contributed by atoms with Crippen molar-refractivity contribution in [2.75, 3.05) is 0 Å². The van der Waals surface area contributed by atoms with Gasteiger partial charge in [-0.3, -0.25) is 4.28 Å². The first kappa shape index (κ1) is 20.8. The molecular formula is C24H25NO3S. The van der Waals surface area contributed by atoms with Crippen LogP contribution >= 0.6 is 0 Å². The van der Waals surface area contributed by atoms with Crippen molar-refractivity contribution in [3.8, 4) is 0 Å². The molecule has 0 aliphatic rings. The van der Waals surface area contributed by atoms with E-state index in [9.17, 15) is 8.42 Å². The van der Waals surface area contributed by atoms with Gasteiger partial charge >= 0.3 is 10.1 Å². The number of benzene rings is 3. The molecule has 1 atom stereocenters. The molecule has 0 N–H and O–H groups in total. The average molecular weight is 408 g/mol. The van der Waals surface area contributed by atoms with Crippen LogP contribution in [0.1, 0.15) is 37.0 Å². The van der Waals surface area contributed by atoms with Crippen LogP contribution in [0.25, 0.3) is 0 Å². The second-order valence-electron chi connectivity index (χ2n) is 7.20. The molecule has 0 unspecified atom stereocenters. The first-order valence-electron chi connectivity index (χ1n) is 9.56. The number of rotatable bonds is 7. The Morgan fingerprint density at radius 2 is 1.45 bits per heavy atom. The minimum absolute atomic E-state index is 0.0807. The predicted molar refractivity (Wildman–Crippen MR) is 117 cm³/mol. The highest BCUT2D eigenvalue weighted by Crippen LogP contribution is 2.33. The zero-order chi connectivity index (χ0) is 20.9. The van der Waals surface area contributed by atoms with Gasteiger partial charge in [0.2, 0.25) is 0 Å². The van der Waals surface area contributed by atoms with Crippen molar-refractivity contribution in [2.24, 2.45) is 5.16 Å². The smallest absolute Gasteiger partial charge is 0.264 e. The number of oxime groups is 1. The largest absolute Gasteiger partial charge is 0.358 e. The lowest BCUT2D eigenvalue weighted by Crippen LogP contribution is -2.33. The summed E-state index contributed by atoms with van der Waals surface area (Å²) in [6.45, 7) is 6.01. The van der Waals surface area contributed by atoms with Crippen molar-refractivity contribution in [1.29, 1.82) is 0 Å². The molecule has 0 aromatic heterocycles. The molecule has 3 aromatic carbocycles. The molecule has 0 radical (unpaired) electrons. The minimum Gasteiger partial charge on any atom is -0.264 e. The van der Waals surface area contributed by atoms with Crippen LogP contribution in [0.2, 0.25) is 0 Å². The molecule has 3 rings (SSSR count). The summed E-state index contributed by atoms with van der Waals surface area (Å²) in [6.07, 6.45) is 0.721. The van der Waals surface area contributed by atoms with Gasteiger partial charge in [0.15, 0.2) is 0 Å². The number of aryl methyl sites for hydroxylation is 1. The Hall–Kier alpha value is -2.92. The van der Waals surface area contributed by atoms with Gasteiger partial charge in [-0.25, -0.2) is 0 Å². The Bertz CT molecular complexity index is 1080. The fourth-order valence-corrected chi connectivity index (χ4v) is 3.94. The summed E-state index contributed by atoms with van der Waals surface area (Å²) in [5.74, 6) is 0. The molecule has 0 bridgehead atoms. The fourth-order valence-electron chi connectivity index (χ4n) is 3.22. The van der Waals surface area contributed by atoms with Gasteiger partial charge in [-0.2, -0.15) is 8.42 Å². The summed E-state index contributed by atoms with van der Waals surface area (Å²) in [6, 6.07) is 26.0. The van der Waals surface area contributed by atoms with Crippen molar-refractivity contribution < 1.29 is 12.7 Å². The van der Waals surface area contributed by atoms with Crippen LogP contribution in [-0.4, -0.2) is 14.1 Å². The highest BCUT2D eigenvalue weighted by Gasteiger charge is 2.33. The standard InChI is InChI=1S/C24H25NO3S/c1-4-24(3,21-13-9-6-10-14-21)23(20-11-7-5-8-12-20)25-28-29(26,27)22-17-15-19(2)16-18-22/h5-18H,4H2,1-3H3/b25-23-/t24-/m1/s1. The first-order chi connectivity index (χ1) is 13.9. The summed E-state index contributed by atoms with van der Waals surface area (Å²) in [4.78, 5) is 0.0807. The van der Waals surface area contributed by atoms with Gasteiger partial charge in [0.05, 0.1) is 5.71 Å². The maximum atomic E-state index is 12.7. The Morgan fingerprint density at radius 1 is 0.897 bits per heavy atom. The van der Waals surface area contributed by atoms with Gasteiger partial charge in [0.1, 0.15) is 4.90 Å². The molecular weight excluding hydrogens is 382 g/mol. The van der Waals surface area contributed by atoms with Crippen molar-refractivity contribution in [2.45, 2.75) is 37.5 Å². The quantitative estimate of drug-likeness (QED) is 0.385. The van der Waals surface area contributed by atoms with Crippen molar-refractivity contribution >= 4 is 15.8 Å². The zero-order valence-electron chi connectivity index (χ0n) is 16.9. The predicted octanol–water partition coefficient (Wildman–Crippen LogP) is 5.47. The SMILES string of the molecule is CC[C@@](C)(/C(=N\OS(=O)(=O)c1ccc(C)cc1)c1ccccc1)c1ccccc1. The fraction of sp³-hybridized carbons (Fsp3) is 0.208. The molecule has 0 amide bonds. The summed E-state index contributed by atoms with van der Waals surface area (Å²) in [7, 11) is -4.02. The maximum absolute atomic E-state index is 12.7. The topological polar surface area (TPSA) is 55.7 Å². The van der Waals surface area contributed by atoms with E-state index in [0.717, 1.165) is 23.1 Å². The minimum atomic E-state index is -4.02. The van der Waals surface area contributed by atoms with Crippen molar-refractivity contribution in [3.05, 3.63) is 102 Å². The van der Waals surface area contributed by atoms with E-state index in [1.54, 1.807) is 12.1 Å². The first-order valence-corrected chi connectivity index (χ1v) is 11.0. The molecule has 0 heterocycles. The van der Waals surface area contributed by atoms with Crippen molar-refractivity contribution in [3.63, 3.8) is 0 Å². The van der Waals surface area contributed by atoms with E-state index in [1.165, 1.54) is 12.1 Å². The summed E-state index contributed by atoms with van der Waals surface area (Å²) in [5, 5.41) is 4.21. The Morgan fingerprint density at radius 3 is 2.00 bits per heavy atom. The molecule has 0 saturated carbocycles. The average Bonchev–Trinajstić information content (AvgIpc) is 2.75. The van der Waals surface area contributed by atoms with E-state index in [1.807, 2.05) is 67.6 Å². The second-order valence-corrected chi connectivity index (χ2v) is 8.73. The van der Waals surface area contributed by atoms with Gasteiger partial charge in [0.25, 0.3) is 0 Å². The van der Waals surface area contributed by atoms with Crippen molar-refractivity contribution in [1.82, 2.24) is 0 Å².